The van der Waals surface area contributed by atoms with Gasteiger partial charge in [0.2, 0.25) is 0 Å². The molecule has 0 aliphatic heterocycles. The topological polar surface area (TPSA) is 105 Å². The molecule has 0 bridgehead atoms. The van der Waals surface area contributed by atoms with Crippen molar-refractivity contribution in [1.29, 1.82) is 0 Å². The monoisotopic (exact) mass is 590 g/mol. The van der Waals surface area contributed by atoms with Crippen LogP contribution in [0.5, 0.6) is 5.75 Å². The quantitative estimate of drug-likeness (QED) is 0.137. The summed E-state index contributed by atoms with van der Waals surface area (Å²) >= 11 is 1.26. The molecular formula is C30H30N4O5S2. The van der Waals surface area contributed by atoms with Crippen LogP contribution in [0.25, 0.3) is 28.0 Å². The van der Waals surface area contributed by atoms with Crippen LogP contribution < -0.4 is 4.74 Å². The number of carbonyl (C=O) groups is 1. The molecule has 0 radical (unpaired) electrons. The summed E-state index contributed by atoms with van der Waals surface area (Å²) in [7, 11) is -3.90. The number of benzene rings is 3. The normalized spacial score (nSPS) is 12.4. The molecule has 9 nitrogen and oxygen atoms in total. The number of fused-ring (bicyclic) bond motifs is 1. The lowest BCUT2D eigenvalue weighted by atomic mass is 10.1. The first kappa shape index (κ1) is 28.4. The third-order valence-electron chi connectivity index (χ3n) is 6.43. The minimum atomic E-state index is -3.90. The first-order valence-corrected chi connectivity index (χ1v) is 15.6. The number of aromatic nitrogens is 4. The molecular weight excluding hydrogens is 560 g/mol. The Morgan fingerprint density at radius 2 is 1.61 bits per heavy atom. The second kappa shape index (κ2) is 12.2. The summed E-state index contributed by atoms with van der Waals surface area (Å²) in [5.74, 6) is 0.825. The lowest BCUT2D eigenvalue weighted by Gasteiger charge is -2.15. The number of esters is 1. The van der Waals surface area contributed by atoms with E-state index >= 15 is 0 Å². The van der Waals surface area contributed by atoms with Gasteiger partial charge in [-0.15, -0.1) is 10.2 Å². The fourth-order valence-electron chi connectivity index (χ4n) is 4.51. The maximum atomic E-state index is 13.7. The van der Waals surface area contributed by atoms with Gasteiger partial charge in [0.25, 0.3) is 10.0 Å². The van der Waals surface area contributed by atoms with E-state index in [2.05, 4.69) is 10.2 Å². The van der Waals surface area contributed by atoms with Gasteiger partial charge >= 0.3 is 5.97 Å². The summed E-state index contributed by atoms with van der Waals surface area (Å²) in [6.07, 6.45) is 2.11. The summed E-state index contributed by atoms with van der Waals surface area (Å²) in [5.41, 5.74) is 1.83. The van der Waals surface area contributed by atoms with Gasteiger partial charge in [-0.25, -0.2) is 12.4 Å². The van der Waals surface area contributed by atoms with E-state index in [1.165, 1.54) is 15.7 Å². The van der Waals surface area contributed by atoms with Crippen molar-refractivity contribution >= 4 is 38.7 Å². The van der Waals surface area contributed by atoms with E-state index in [-0.39, 0.29) is 17.5 Å². The van der Waals surface area contributed by atoms with Crippen LogP contribution in [0, 0.1) is 0 Å². The Morgan fingerprint density at radius 3 is 2.29 bits per heavy atom. The van der Waals surface area contributed by atoms with Crippen molar-refractivity contribution in [2.75, 3.05) is 13.2 Å². The highest BCUT2D eigenvalue weighted by Gasteiger charge is 2.28. The Hall–Kier alpha value is -4.09. The fourth-order valence-corrected chi connectivity index (χ4v) is 6.87. The summed E-state index contributed by atoms with van der Waals surface area (Å²) in [4.78, 5) is 12.8. The van der Waals surface area contributed by atoms with Crippen molar-refractivity contribution in [2.24, 2.45) is 0 Å². The number of thioether (sulfide) groups is 1. The molecule has 5 aromatic rings. The van der Waals surface area contributed by atoms with Crippen molar-refractivity contribution in [3.8, 4) is 22.8 Å². The average molecular weight is 591 g/mol. The van der Waals surface area contributed by atoms with Crippen LogP contribution in [0.3, 0.4) is 0 Å². The molecule has 0 spiro atoms. The number of hydrogen-bond donors (Lipinski definition) is 0. The smallest absolute Gasteiger partial charge is 0.319 e. The highest BCUT2D eigenvalue weighted by atomic mass is 32.2. The molecule has 5 rings (SSSR count). The molecule has 0 aliphatic carbocycles. The van der Waals surface area contributed by atoms with Crippen molar-refractivity contribution in [1.82, 2.24) is 18.7 Å². The van der Waals surface area contributed by atoms with Crippen LogP contribution in [0.4, 0.5) is 0 Å². The Labute approximate surface area is 243 Å². The zero-order chi connectivity index (χ0) is 29.0. The van der Waals surface area contributed by atoms with Crippen LogP contribution in [0.1, 0.15) is 27.2 Å². The minimum Gasteiger partial charge on any atom is -0.494 e. The Balaban J connectivity index is 1.70. The molecule has 0 unspecified atom stereocenters. The zero-order valence-corrected chi connectivity index (χ0v) is 24.6. The van der Waals surface area contributed by atoms with Crippen molar-refractivity contribution in [2.45, 2.75) is 42.5 Å². The van der Waals surface area contributed by atoms with E-state index in [0.717, 1.165) is 5.69 Å². The van der Waals surface area contributed by atoms with Gasteiger partial charge in [0.15, 0.2) is 11.0 Å². The van der Waals surface area contributed by atoms with Crippen molar-refractivity contribution < 1.29 is 22.7 Å². The van der Waals surface area contributed by atoms with E-state index < -0.39 is 15.3 Å². The highest BCUT2D eigenvalue weighted by Crippen LogP contribution is 2.37. The molecule has 1 atom stereocenters. The van der Waals surface area contributed by atoms with E-state index in [0.29, 0.717) is 46.2 Å². The fraction of sp³-hybridized carbons (Fsp3) is 0.233. The van der Waals surface area contributed by atoms with E-state index in [1.807, 2.05) is 54.8 Å². The SMILES string of the molecule is CCOC(=O)[C@H](CC)Sc1nnc(-c2cn(S(=O)(=O)c3ccccc3)c3ccccc23)n1-c1ccc(OCC)cc1. The molecule has 2 aromatic heterocycles. The maximum absolute atomic E-state index is 13.7. The van der Waals surface area contributed by atoms with Crippen LogP contribution in [-0.4, -0.2) is 51.6 Å². The molecule has 0 saturated heterocycles. The summed E-state index contributed by atoms with van der Waals surface area (Å²) in [6, 6.07) is 23.0. The second-order valence-corrected chi connectivity index (χ2v) is 12.0. The Morgan fingerprint density at radius 1 is 0.902 bits per heavy atom. The third-order valence-corrected chi connectivity index (χ3v) is 9.40. The first-order chi connectivity index (χ1) is 19.9. The molecule has 212 valence electrons. The number of carbonyl (C=O) groups excluding carboxylic acids is 1. The number of nitrogens with zero attached hydrogens (tertiary/aromatic N) is 4. The largest absolute Gasteiger partial charge is 0.494 e. The molecule has 3 aromatic carbocycles. The average Bonchev–Trinajstić information content (AvgIpc) is 3.59. The van der Waals surface area contributed by atoms with Crippen LogP contribution in [-0.2, 0) is 19.6 Å². The predicted octanol–water partition coefficient (Wildman–Crippen LogP) is 5.96. The van der Waals surface area contributed by atoms with Gasteiger partial charge in [0.05, 0.1) is 23.6 Å². The molecule has 0 amide bonds. The zero-order valence-electron chi connectivity index (χ0n) is 22.9. The molecule has 11 heteroatoms. The van der Waals surface area contributed by atoms with Crippen LogP contribution >= 0.6 is 11.8 Å². The van der Waals surface area contributed by atoms with Crippen molar-refractivity contribution in [3.05, 3.63) is 85.1 Å². The van der Waals surface area contributed by atoms with Gasteiger partial charge in [-0.2, -0.15) is 0 Å². The van der Waals surface area contributed by atoms with E-state index in [1.54, 1.807) is 55.6 Å². The molecule has 0 aliphatic rings. The van der Waals surface area contributed by atoms with Gasteiger partial charge < -0.3 is 9.47 Å². The minimum absolute atomic E-state index is 0.178. The maximum Gasteiger partial charge on any atom is 0.319 e. The van der Waals surface area contributed by atoms with Gasteiger partial charge in [0.1, 0.15) is 11.0 Å². The molecule has 0 saturated carbocycles. The van der Waals surface area contributed by atoms with Gasteiger partial charge in [-0.1, -0.05) is 55.1 Å². The lowest BCUT2D eigenvalue weighted by molar-refractivity contribution is -0.142. The molecule has 0 N–H and O–H groups in total. The number of ether oxygens (including phenoxy) is 2. The predicted molar refractivity (Wildman–Crippen MR) is 159 cm³/mol. The van der Waals surface area contributed by atoms with Crippen LogP contribution in [0.2, 0.25) is 0 Å². The lowest BCUT2D eigenvalue weighted by Crippen LogP contribution is -2.20. The standard InChI is InChI=1S/C30H30N4O5S2/c1-4-27(29(35)39-6-3)40-30-32-31-28(34(30)21-16-18-22(19-17-21)38-5-2)25-20-33(26-15-11-10-14-24(25)26)41(36,37)23-12-8-7-9-13-23/h7-20,27H,4-6H2,1-3H3/t27-/m0/s1. The molecule has 0 fully saturated rings. The third kappa shape index (κ3) is 5.59. The second-order valence-electron chi connectivity index (χ2n) is 9.01. The highest BCUT2D eigenvalue weighted by molar-refractivity contribution is 8.00. The van der Waals surface area contributed by atoms with Gasteiger partial charge in [0, 0.05) is 22.8 Å². The summed E-state index contributed by atoms with van der Waals surface area (Å²) < 4.78 is 41.5. The number of rotatable bonds is 11. The van der Waals surface area contributed by atoms with Gasteiger partial charge in [-0.3, -0.25) is 9.36 Å². The first-order valence-electron chi connectivity index (χ1n) is 13.3. The molecule has 41 heavy (non-hydrogen) atoms. The Bertz CT molecular complexity index is 1760. The number of para-hydroxylation sites is 1. The summed E-state index contributed by atoms with van der Waals surface area (Å²) in [6.45, 7) is 6.41. The van der Waals surface area contributed by atoms with Crippen molar-refractivity contribution in [3.63, 3.8) is 0 Å². The Kier molecular flexibility index (Phi) is 8.46. The van der Waals surface area contributed by atoms with Gasteiger partial charge in [-0.05, 0) is 62.7 Å². The number of hydrogen-bond acceptors (Lipinski definition) is 8. The molecule has 2 heterocycles. The van der Waals surface area contributed by atoms with Crippen LogP contribution in [0.15, 0.2) is 95.1 Å². The summed E-state index contributed by atoms with van der Waals surface area (Å²) in [5, 5.41) is 9.69. The van der Waals surface area contributed by atoms with E-state index in [4.69, 9.17) is 9.47 Å². The van der Waals surface area contributed by atoms with E-state index in [9.17, 15) is 13.2 Å².